The lowest BCUT2D eigenvalue weighted by molar-refractivity contribution is -0.138. The van der Waals surface area contributed by atoms with E-state index >= 15 is 0 Å². The van der Waals surface area contributed by atoms with Crippen LogP contribution in [0.4, 0.5) is 4.79 Å². The summed E-state index contributed by atoms with van der Waals surface area (Å²) in [5.74, 6) is -0.584. The molecule has 2 rings (SSSR count). The van der Waals surface area contributed by atoms with Gasteiger partial charge in [0.15, 0.2) is 0 Å². The van der Waals surface area contributed by atoms with Gasteiger partial charge in [0.25, 0.3) is 0 Å². The molecule has 2 N–H and O–H groups in total. The van der Waals surface area contributed by atoms with Gasteiger partial charge in [0, 0.05) is 13.1 Å². The maximum Gasteiger partial charge on any atom is 0.323 e. The van der Waals surface area contributed by atoms with Gasteiger partial charge in [0.2, 0.25) is 0 Å². The van der Waals surface area contributed by atoms with Gasteiger partial charge in [-0.05, 0) is 18.8 Å². The van der Waals surface area contributed by atoms with Crippen LogP contribution in [0.3, 0.4) is 0 Å². The molecule has 1 aliphatic carbocycles. The van der Waals surface area contributed by atoms with Crippen molar-refractivity contribution in [1.29, 1.82) is 0 Å². The zero-order chi connectivity index (χ0) is 13.8. The predicted octanol–water partition coefficient (Wildman–Crippen LogP) is -0.404. The van der Waals surface area contributed by atoms with Gasteiger partial charge in [0.05, 0.1) is 25.9 Å². The average molecular weight is 272 g/mol. The standard InChI is InChI=1S/C12H20N2O5/c15-7-10-8-19-4-3-14(10)12(18)13(6-11(16)17)5-9-1-2-9/h9-10,15H,1-8H2,(H,16,17). The molecule has 2 amide bonds. The first-order valence-corrected chi connectivity index (χ1v) is 6.57. The first-order valence-electron chi connectivity index (χ1n) is 6.57. The van der Waals surface area contributed by atoms with E-state index in [0.29, 0.717) is 32.2 Å². The molecule has 1 unspecified atom stereocenters. The maximum atomic E-state index is 12.4. The normalized spacial score (nSPS) is 23.2. The predicted molar refractivity (Wildman–Crippen MR) is 65.7 cm³/mol. The van der Waals surface area contributed by atoms with Crippen LogP contribution in [0, 0.1) is 5.92 Å². The third-order valence-electron chi connectivity index (χ3n) is 3.46. The minimum Gasteiger partial charge on any atom is -0.480 e. The quantitative estimate of drug-likeness (QED) is 0.710. The van der Waals surface area contributed by atoms with Crippen LogP contribution in [0.15, 0.2) is 0 Å². The van der Waals surface area contributed by atoms with Gasteiger partial charge >= 0.3 is 12.0 Å². The van der Waals surface area contributed by atoms with Gasteiger partial charge in [-0.2, -0.15) is 0 Å². The van der Waals surface area contributed by atoms with Crippen LogP contribution in [0.1, 0.15) is 12.8 Å². The van der Waals surface area contributed by atoms with Crippen molar-refractivity contribution in [1.82, 2.24) is 9.80 Å². The monoisotopic (exact) mass is 272 g/mol. The summed E-state index contributed by atoms with van der Waals surface area (Å²) in [7, 11) is 0. The molecular weight excluding hydrogens is 252 g/mol. The van der Waals surface area contributed by atoms with Crippen LogP contribution < -0.4 is 0 Å². The molecule has 1 saturated heterocycles. The first kappa shape index (κ1) is 14.1. The Hall–Kier alpha value is -1.34. The number of amides is 2. The molecule has 0 aromatic carbocycles. The van der Waals surface area contributed by atoms with Crippen LogP contribution in [-0.4, -0.2) is 77.5 Å². The number of aliphatic hydroxyl groups is 1. The van der Waals surface area contributed by atoms with Crippen molar-refractivity contribution in [2.24, 2.45) is 5.92 Å². The highest BCUT2D eigenvalue weighted by Crippen LogP contribution is 2.30. The van der Waals surface area contributed by atoms with Crippen molar-refractivity contribution in [2.45, 2.75) is 18.9 Å². The number of carboxylic acids is 1. The molecule has 1 aliphatic heterocycles. The Morgan fingerprint density at radius 3 is 2.68 bits per heavy atom. The van der Waals surface area contributed by atoms with E-state index in [1.54, 1.807) is 0 Å². The smallest absolute Gasteiger partial charge is 0.323 e. The molecule has 0 aromatic rings. The molecule has 0 aromatic heterocycles. The summed E-state index contributed by atoms with van der Waals surface area (Å²) in [4.78, 5) is 26.1. The third-order valence-corrected chi connectivity index (χ3v) is 3.46. The van der Waals surface area contributed by atoms with Gasteiger partial charge in [-0.15, -0.1) is 0 Å². The fourth-order valence-electron chi connectivity index (χ4n) is 2.23. The molecule has 19 heavy (non-hydrogen) atoms. The SMILES string of the molecule is O=C(O)CN(CC1CC1)C(=O)N1CCOCC1CO. The molecule has 7 nitrogen and oxygen atoms in total. The molecule has 0 bridgehead atoms. The van der Waals surface area contributed by atoms with Crippen molar-refractivity contribution in [2.75, 3.05) is 39.5 Å². The fourth-order valence-corrected chi connectivity index (χ4v) is 2.23. The van der Waals surface area contributed by atoms with Crippen molar-refractivity contribution in [3.63, 3.8) is 0 Å². The number of carbonyl (C=O) groups is 2. The Labute approximate surface area is 111 Å². The van der Waals surface area contributed by atoms with E-state index in [0.717, 1.165) is 12.8 Å². The second-order valence-electron chi connectivity index (χ2n) is 5.10. The highest BCUT2D eigenvalue weighted by molar-refractivity contribution is 5.80. The summed E-state index contributed by atoms with van der Waals surface area (Å²) in [6.07, 6.45) is 2.10. The lowest BCUT2D eigenvalue weighted by atomic mass is 10.2. The molecule has 1 saturated carbocycles. The van der Waals surface area contributed by atoms with E-state index in [1.165, 1.54) is 9.80 Å². The molecule has 108 valence electrons. The zero-order valence-electron chi connectivity index (χ0n) is 10.8. The molecule has 0 spiro atoms. The van der Waals surface area contributed by atoms with Crippen LogP contribution in [-0.2, 0) is 9.53 Å². The topological polar surface area (TPSA) is 90.3 Å². The number of urea groups is 1. The Bertz CT molecular complexity index is 345. The van der Waals surface area contributed by atoms with Gasteiger partial charge in [0.1, 0.15) is 6.54 Å². The first-order chi connectivity index (χ1) is 9.11. The number of rotatable bonds is 5. The van der Waals surface area contributed by atoms with E-state index < -0.39 is 5.97 Å². The van der Waals surface area contributed by atoms with Crippen LogP contribution in [0.25, 0.3) is 0 Å². The summed E-state index contributed by atoms with van der Waals surface area (Å²) >= 11 is 0. The number of hydrogen-bond donors (Lipinski definition) is 2. The number of morpholine rings is 1. The lowest BCUT2D eigenvalue weighted by Gasteiger charge is -2.37. The summed E-state index contributed by atoms with van der Waals surface area (Å²) in [5.41, 5.74) is 0. The summed E-state index contributed by atoms with van der Waals surface area (Å²) in [6, 6.07) is -0.687. The van der Waals surface area contributed by atoms with E-state index in [2.05, 4.69) is 0 Å². The fraction of sp³-hybridized carbons (Fsp3) is 0.833. The largest absolute Gasteiger partial charge is 0.480 e. The van der Waals surface area contributed by atoms with E-state index in [1.807, 2.05) is 0 Å². The Morgan fingerprint density at radius 2 is 2.11 bits per heavy atom. The van der Waals surface area contributed by atoms with E-state index in [-0.39, 0.29) is 25.2 Å². The lowest BCUT2D eigenvalue weighted by Crippen LogP contribution is -2.56. The Balaban J connectivity index is 2.00. The van der Waals surface area contributed by atoms with Crippen LogP contribution in [0.5, 0.6) is 0 Å². The molecule has 1 heterocycles. The van der Waals surface area contributed by atoms with Gasteiger partial charge < -0.3 is 24.7 Å². The van der Waals surface area contributed by atoms with Gasteiger partial charge in [-0.3, -0.25) is 4.79 Å². The van der Waals surface area contributed by atoms with Gasteiger partial charge in [-0.1, -0.05) is 0 Å². The number of aliphatic carboxylic acids is 1. The molecule has 1 atom stereocenters. The molecule has 0 radical (unpaired) electrons. The second-order valence-corrected chi connectivity index (χ2v) is 5.10. The van der Waals surface area contributed by atoms with Crippen molar-refractivity contribution >= 4 is 12.0 Å². The highest BCUT2D eigenvalue weighted by Gasteiger charge is 2.34. The highest BCUT2D eigenvalue weighted by atomic mass is 16.5. The van der Waals surface area contributed by atoms with Crippen LogP contribution >= 0.6 is 0 Å². The molecule has 2 fully saturated rings. The summed E-state index contributed by atoms with van der Waals surface area (Å²) in [6.45, 7) is 1.14. The van der Waals surface area contributed by atoms with E-state index in [9.17, 15) is 14.7 Å². The minimum absolute atomic E-state index is 0.171. The summed E-state index contributed by atoms with van der Waals surface area (Å²) in [5, 5.41) is 18.2. The molecular formula is C12H20N2O5. The van der Waals surface area contributed by atoms with Crippen LogP contribution in [0.2, 0.25) is 0 Å². The Kier molecular flexibility index (Phi) is 4.60. The number of nitrogens with zero attached hydrogens (tertiary/aromatic N) is 2. The number of carbonyl (C=O) groups excluding carboxylic acids is 1. The number of ether oxygens (including phenoxy) is 1. The minimum atomic E-state index is -1.01. The number of carboxylic acid groups (broad SMARTS) is 1. The zero-order valence-corrected chi connectivity index (χ0v) is 10.8. The van der Waals surface area contributed by atoms with Crippen molar-refractivity contribution in [3.8, 4) is 0 Å². The number of hydrogen-bond acceptors (Lipinski definition) is 4. The number of aliphatic hydroxyl groups excluding tert-OH is 1. The molecule has 7 heteroatoms. The molecule has 2 aliphatic rings. The Morgan fingerprint density at radius 1 is 1.37 bits per heavy atom. The summed E-state index contributed by atoms with van der Waals surface area (Å²) < 4.78 is 5.22. The van der Waals surface area contributed by atoms with Crippen molar-refractivity contribution < 1.29 is 24.5 Å². The maximum absolute atomic E-state index is 12.4. The second kappa shape index (κ2) is 6.21. The third kappa shape index (κ3) is 3.81. The van der Waals surface area contributed by atoms with E-state index in [4.69, 9.17) is 9.84 Å². The van der Waals surface area contributed by atoms with Crippen molar-refractivity contribution in [3.05, 3.63) is 0 Å². The van der Waals surface area contributed by atoms with Gasteiger partial charge in [-0.25, -0.2) is 4.79 Å². The average Bonchev–Trinajstić information content (AvgIpc) is 3.20.